The van der Waals surface area contributed by atoms with Crippen LogP contribution in [0.3, 0.4) is 0 Å². The predicted octanol–water partition coefficient (Wildman–Crippen LogP) is 1.82. The lowest BCUT2D eigenvalue weighted by Crippen LogP contribution is -2.30. The molecule has 1 aromatic heterocycles. The van der Waals surface area contributed by atoms with E-state index < -0.39 is 17.5 Å². The number of hydrogen-bond donors (Lipinski definition) is 1. The maximum Gasteiger partial charge on any atom is 0.343 e. The van der Waals surface area contributed by atoms with Crippen LogP contribution in [0.2, 0.25) is 0 Å². The first-order valence-electron chi connectivity index (χ1n) is 7.51. The van der Waals surface area contributed by atoms with Crippen molar-refractivity contribution in [3.63, 3.8) is 0 Å². The van der Waals surface area contributed by atoms with Crippen LogP contribution in [-0.2, 0) is 9.53 Å². The molecule has 3 rings (SSSR count). The molecule has 0 bridgehead atoms. The lowest BCUT2D eigenvalue weighted by Gasteiger charge is -2.27. The van der Waals surface area contributed by atoms with Crippen molar-refractivity contribution in [2.24, 2.45) is 5.73 Å². The number of fused-ring (bicyclic) bond motifs is 1. The second-order valence-corrected chi connectivity index (χ2v) is 5.47. The summed E-state index contributed by atoms with van der Waals surface area (Å²) in [6.07, 6.45) is 0. The van der Waals surface area contributed by atoms with Crippen LogP contribution in [0.15, 0.2) is 51.0 Å². The number of rotatable bonds is 3. The zero-order chi connectivity index (χ0) is 18.1. The highest BCUT2D eigenvalue weighted by molar-refractivity contribution is 5.92. The Hall–Kier alpha value is -3.22. The van der Waals surface area contributed by atoms with Gasteiger partial charge in [0.1, 0.15) is 22.8 Å². The lowest BCUT2D eigenvalue weighted by atomic mass is 9.83. The van der Waals surface area contributed by atoms with Crippen LogP contribution in [0.4, 0.5) is 0 Å². The molecule has 0 fully saturated rings. The maximum atomic E-state index is 12.5. The Morgan fingerprint density at radius 3 is 2.64 bits per heavy atom. The third-order valence-corrected chi connectivity index (χ3v) is 3.99. The fraction of sp³-hybridized carbons (Fsp3) is 0.222. The molecule has 1 aliphatic rings. The SMILES string of the molecule is COC(=O)C1=C(N)Oc2cc(C)oc(=O)c2C1c1ccccc1OC. The molecule has 2 heterocycles. The number of methoxy groups -OCH3 is 2. The third-order valence-electron chi connectivity index (χ3n) is 3.99. The van der Waals surface area contributed by atoms with Gasteiger partial charge in [0.2, 0.25) is 5.88 Å². The highest BCUT2D eigenvalue weighted by Gasteiger charge is 2.39. The molecule has 1 aliphatic heterocycles. The number of hydrogen-bond acceptors (Lipinski definition) is 7. The van der Waals surface area contributed by atoms with E-state index in [-0.39, 0.29) is 22.8 Å². The minimum atomic E-state index is -0.829. The summed E-state index contributed by atoms with van der Waals surface area (Å²) in [5, 5.41) is 0. The first kappa shape index (κ1) is 16.6. The summed E-state index contributed by atoms with van der Waals surface area (Å²) in [5.41, 5.74) is 6.13. The van der Waals surface area contributed by atoms with E-state index in [0.29, 0.717) is 17.1 Å². The standard InChI is InChI=1S/C18H17NO6/c1-9-8-12-14(18(21)24-9)13(10-6-4-5-7-11(10)22-2)15(16(19)25-12)17(20)23-3/h4-8,13H,19H2,1-3H3. The van der Waals surface area contributed by atoms with Crippen LogP contribution in [-0.4, -0.2) is 20.2 Å². The van der Waals surface area contributed by atoms with Gasteiger partial charge in [0.15, 0.2) is 0 Å². The van der Waals surface area contributed by atoms with E-state index in [4.69, 9.17) is 24.4 Å². The fourth-order valence-electron chi connectivity index (χ4n) is 2.94. The number of aryl methyl sites for hydroxylation is 1. The molecule has 0 amide bonds. The largest absolute Gasteiger partial charge is 0.496 e. The number of carbonyl (C=O) groups excluding carboxylic acids is 1. The van der Waals surface area contributed by atoms with Gasteiger partial charge in [-0.1, -0.05) is 18.2 Å². The first-order valence-corrected chi connectivity index (χ1v) is 7.51. The average Bonchev–Trinajstić information content (AvgIpc) is 2.59. The molecule has 1 atom stereocenters. The van der Waals surface area contributed by atoms with Crippen molar-refractivity contribution >= 4 is 5.97 Å². The molecular formula is C18H17NO6. The van der Waals surface area contributed by atoms with Gasteiger partial charge in [-0.2, -0.15) is 0 Å². The Kier molecular flexibility index (Phi) is 4.22. The average molecular weight is 343 g/mol. The van der Waals surface area contributed by atoms with Crippen molar-refractivity contribution in [2.45, 2.75) is 12.8 Å². The second kappa shape index (κ2) is 6.35. The number of benzene rings is 1. The molecule has 0 radical (unpaired) electrons. The van der Waals surface area contributed by atoms with Gasteiger partial charge >= 0.3 is 11.6 Å². The fourth-order valence-corrected chi connectivity index (χ4v) is 2.94. The number of carbonyl (C=O) groups is 1. The number of esters is 1. The van der Waals surface area contributed by atoms with Crippen LogP contribution in [0.5, 0.6) is 11.5 Å². The first-order chi connectivity index (χ1) is 12.0. The molecule has 0 spiro atoms. The van der Waals surface area contributed by atoms with Crippen molar-refractivity contribution in [3.05, 3.63) is 69.1 Å². The Morgan fingerprint density at radius 2 is 1.96 bits per heavy atom. The summed E-state index contributed by atoms with van der Waals surface area (Å²) in [6.45, 7) is 1.62. The molecule has 7 nitrogen and oxygen atoms in total. The smallest absolute Gasteiger partial charge is 0.343 e. The minimum absolute atomic E-state index is 0.0238. The van der Waals surface area contributed by atoms with Gasteiger partial charge in [-0.25, -0.2) is 9.59 Å². The highest BCUT2D eigenvalue weighted by Crippen LogP contribution is 2.43. The van der Waals surface area contributed by atoms with Crippen molar-refractivity contribution < 1.29 is 23.4 Å². The van der Waals surface area contributed by atoms with E-state index >= 15 is 0 Å². The molecule has 2 aromatic rings. The van der Waals surface area contributed by atoms with Gasteiger partial charge in [-0.05, 0) is 13.0 Å². The number of para-hydroxylation sites is 1. The summed E-state index contributed by atoms with van der Waals surface area (Å²) in [5.74, 6) is -0.537. The Morgan fingerprint density at radius 1 is 1.24 bits per heavy atom. The van der Waals surface area contributed by atoms with Crippen LogP contribution < -0.4 is 20.8 Å². The summed E-state index contributed by atoms with van der Waals surface area (Å²) in [4.78, 5) is 24.9. The molecular weight excluding hydrogens is 326 g/mol. The van der Waals surface area contributed by atoms with Gasteiger partial charge < -0.3 is 24.4 Å². The van der Waals surface area contributed by atoms with E-state index in [1.165, 1.54) is 14.2 Å². The summed E-state index contributed by atoms with van der Waals surface area (Å²) in [7, 11) is 2.73. The van der Waals surface area contributed by atoms with Crippen molar-refractivity contribution in [2.75, 3.05) is 14.2 Å². The summed E-state index contributed by atoms with van der Waals surface area (Å²) in [6, 6.07) is 8.58. The molecule has 7 heteroatoms. The minimum Gasteiger partial charge on any atom is -0.496 e. The molecule has 25 heavy (non-hydrogen) atoms. The van der Waals surface area contributed by atoms with Gasteiger partial charge in [0.25, 0.3) is 0 Å². The van der Waals surface area contributed by atoms with E-state index in [2.05, 4.69) is 0 Å². The topological polar surface area (TPSA) is 101 Å². The lowest BCUT2D eigenvalue weighted by molar-refractivity contribution is -0.136. The second-order valence-electron chi connectivity index (χ2n) is 5.47. The van der Waals surface area contributed by atoms with Gasteiger partial charge in [-0.3, -0.25) is 0 Å². The normalized spacial score (nSPS) is 16.0. The molecule has 0 saturated heterocycles. The highest BCUT2D eigenvalue weighted by atomic mass is 16.5. The Bertz CT molecular complexity index is 927. The van der Waals surface area contributed by atoms with Crippen LogP contribution in [0, 0.1) is 6.92 Å². The van der Waals surface area contributed by atoms with Gasteiger partial charge in [0, 0.05) is 11.6 Å². The molecule has 0 aliphatic carbocycles. The zero-order valence-electron chi connectivity index (χ0n) is 14.0. The summed E-state index contributed by atoms with van der Waals surface area (Å²) >= 11 is 0. The van der Waals surface area contributed by atoms with E-state index in [9.17, 15) is 9.59 Å². The van der Waals surface area contributed by atoms with Crippen molar-refractivity contribution in [1.29, 1.82) is 0 Å². The predicted molar refractivity (Wildman–Crippen MR) is 88.4 cm³/mol. The van der Waals surface area contributed by atoms with Crippen LogP contribution >= 0.6 is 0 Å². The van der Waals surface area contributed by atoms with E-state index in [1.54, 1.807) is 37.3 Å². The Balaban J connectivity index is 2.35. The molecule has 1 aromatic carbocycles. The van der Waals surface area contributed by atoms with E-state index in [1.807, 2.05) is 0 Å². The number of nitrogens with two attached hydrogens (primary N) is 1. The van der Waals surface area contributed by atoms with Crippen LogP contribution in [0.1, 0.15) is 22.8 Å². The van der Waals surface area contributed by atoms with Crippen molar-refractivity contribution in [1.82, 2.24) is 0 Å². The maximum absolute atomic E-state index is 12.5. The quantitative estimate of drug-likeness (QED) is 0.848. The van der Waals surface area contributed by atoms with Crippen LogP contribution in [0.25, 0.3) is 0 Å². The number of ether oxygens (including phenoxy) is 3. The zero-order valence-corrected chi connectivity index (χ0v) is 14.0. The summed E-state index contributed by atoms with van der Waals surface area (Å²) < 4.78 is 20.9. The molecule has 2 N–H and O–H groups in total. The van der Waals surface area contributed by atoms with Crippen molar-refractivity contribution in [3.8, 4) is 11.5 Å². The molecule has 0 saturated carbocycles. The molecule has 1 unspecified atom stereocenters. The van der Waals surface area contributed by atoms with Gasteiger partial charge in [0.05, 0.1) is 25.7 Å². The monoisotopic (exact) mass is 343 g/mol. The Labute approximate surface area is 143 Å². The third kappa shape index (κ3) is 2.73. The van der Waals surface area contributed by atoms with Gasteiger partial charge in [-0.15, -0.1) is 0 Å². The molecule has 130 valence electrons. The van der Waals surface area contributed by atoms with E-state index in [0.717, 1.165) is 0 Å².